The lowest BCUT2D eigenvalue weighted by atomic mass is 10.1. The van der Waals surface area contributed by atoms with Crippen LogP contribution in [0.2, 0.25) is 0 Å². The Morgan fingerprint density at radius 2 is 2.14 bits per heavy atom. The lowest BCUT2D eigenvalue weighted by molar-refractivity contribution is -0.153. The van der Waals surface area contributed by atoms with Crippen LogP contribution in [0.15, 0.2) is 24.9 Å². The number of carbonyl (C=O) groups excluding carboxylic acids is 1. The fourth-order valence-electron chi connectivity index (χ4n) is 3.49. The summed E-state index contributed by atoms with van der Waals surface area (Å²) in [5.41, 5.74) is 2.30. The van der Waals surface area contributed by atoms with E-state index >= 15 is 0 Å². The van der Waals surface area contributed by atoms with Crippen molar-refractivity contribution in [1.82, 2.24) is 14.6 Å². The fraction of sp³-hybridized carbons (Fsp3) is 0.526. The Kier molecular flexibility index (Phi) is 5.05. The third-order valence-corrected chi connectivity index (χ3v) is 5.03. The minimum absolute atomic E-state index is 0.128. The second kappa shape index (κ2) is 7.50. The summed E-state index contributed by atoms with van der Waals surface area (Å²) in [6.45, 7) is 9.39. The minimum atomic E-state index is -0.867. The number of nitrogens with zero attached hydrogens (tertiary/aromatic N) is 3. The van der Waals surface area contributed by atoms with Gasteiger partial charge in [0.15, 0.2) is 5.79 Å². The van der Waals surface area contributed by atoms with Crippen molar-refractivity contribution in [3.8, 4) is 0 Å². The number of esters is 1. The Morgan fingerprint density at radius 1 is 1.36 bits per heavy atom. The molecule has 0 aromatic carbocycles. The molecule has 2 aliphatic heterocycles. The van der Waals surface area contributed by atoms with Crippen molar-refractivity contribution in [2.75, 3.05) is 31.7 Å². The van der Waals surface area contributed by atoms with Crippen LogP contribution in [0.3, 0.4) is 0 Å². The average Bonchev–Trinajstić information content (AvgIpc) is 3.29. The lowest BCUT2D eigenvalue weighted by Gasteiger charge is -2.31. The summed E-state index contributed by atoms with van der Waals surface area (Å²) in [5, 5.41) is 7.88. The molecule has 0 saturated carbocycles. The number of fused-ring (bicyclic) bond motifs is 1. The molecule has 9 heteroatoms. The van der Waals surface area contributed by atoms with Gasteiger partial charge in [-0.3, -0.25) is 4.79 Å². The first-order valence-corrected chi connectivity index (χ1v) is 9.30. The first-order chi connectivity index (χ1) is 13.5. The number of hydrogen-bond acceptors (Lipinski definition) is 8. The van der Waals surface area contributed by atoms with Crippen molar-refractivity contribution in [3.05, 3.63) is 30.6 Å². The van der Waals surface area contributed by atoms with Gasteiger partial charge >= 0.3 is 5.97 Å². The van der Waals surface area contributed by atoms with Gasteiger partial charge in [-0.1, -0.05) is 6.58 Å². The third kappa shape index (κ3) is 3.60. The van der Waals surface area contributed by atoms with Gasteiger partial charge in [0.05, 0.1) is 43.3 Å². The van der Waals surface area contributed by atoms with Crippen molar-refractivity contribution >= 4 is 23.0 Å². The number of nitrogens with one attached hydrogen (secondary N) is 1. The molecule has 2 saturated heterocycles. The Morgan fingerprint density at radius 3 is 2.89 bits per heavy atom. The molecule has 0 aliphatic carbocycles. The van der Waals surface area contributed by atoms with E-state index in [9.17, 15) is 4.79 Å². The molecule has 4 rings (SSSR count). The quantitative estimate of drug-likeness (QED) is 0.773. The Bertz CT molecular complexity index is 890. The maximum Gasteiger partial charge on any atom is 0.303 e. The summed E-state index contributed by atoms with van der Waals surface area (Å²) < 4.78 is 24.0. The average molecular weight is 388 g/mol. The maximum atomic E-state index is 11.4. The number of anilines is 1. The van der Waals surface area contributed by atoms with E-state index in [1.807, 2.05) is 19.1 Å². The number of aromatic nitrogens is 3. The SMILES string of the molecule is C=C(c1ccc2cnc(NC3CCOCC3OC(C)=O)nn12)C1(C)OCCO1. The van der Waals surface area contributed by atoms with Crippen LogP contribution < -0.4 is 5.32 Å². The molecule has 1 N–H and O–H groups in total. The fourth-order valence-corrected chi connectivity index (χ4v) is 3.49. The van der Waals surface area contributed by atoms with Gasteiger partial charge in [0.1, 0.15) is 6.10 Å². The molecule has 2 fully saturated rings. The van der Waals surface area contributed by atoms with Gasteiger partial charge in [-0.15, -0.1) is 5.10 Å². The molecule has 2 aromatic heterocycles. The molecule has 150 valence electrons. The van der Waals surface area contributed by atoms with Gasteiger partial charge in [0.25, 0.3) is 0 Å². The lowest BCUT2D eigenvalue weighted by Crippen LogP contribution is -2.44. The van der Waals surface area contributed by atoms with Crippen LogP contribution in [0.1, 0.15) is 26.0 Å². The molecule has 0 bridgehead atoms. The molecule has 2 atom stereocenters. The van der Waals surface area contributed by atoms with Crippen molar-refractivity contribution in [2.45, 2.75) is 38.2 Å². The number of ether oxygens (including phenoxy) is 4. The zero-order chi connectivity index (χ0) is 19.7. The van der Waals surface area contributed by atoms with E-state index in [0.29, 0.717) is 44.4 Å². The van der Waals surface area contributed by atoms with Crippen LogP contribution in [0.25, 0.3) is 11.1 Å². The topological polar surface area (TPSA) is 96.2 Å². The molecule has 2 unspecified atom stereocenters. The second-order valence-corrected chi connectivity index (χ2v) is 7.02. The monoisotopic (exact) mass is 388 g/mol. The molecular weight excluding hydrogens is 364 g/mol. The Hall–Kier alpha value is -2.49. The van der Waals surface area contributed by atoms with Crippen LogP contribution in [0, 0.1) is 0 Å². The first-order valence-electron chi connectivity index (χ1n) is 9.30. The van der Waals surface area contributed by atoms with Crippen LogP contribution in [-0.4, -0.2) is 64.9 Å². The van der Waals surface area contributed by atoms with Crippen LogP contribution in [0.4, 0.5) is 5.95 Å². The Labute approximate surface area is 162 Å². The maximum absolute atomic E-state index is 11.4. The number of rotatable bonds is 5. The predicted molar refractivity (Wildman–Crippen MR) is 101 cm³/mol. The Balaban J connectivity index is 1.59. The molecule has 4 heterocycles. The van der Waals surface area contributed by atoms with Crippen molar-refractivity contribution in [3.63, 3.8) is 0 Å². The first kappa shape index (κ1) is 18.9. The number of carbonyl (C=O) groups is 1. The van der Waals surface area contributed by atoms with Gasteiger partial charge in [0, 0.05) is 19.1 Å². The van der Waals surface area contributed by atoms with E-state index in [0.717, 1.165) is 11.2 Å². The van der Waals surface area contributed by atoms with Crippen molar-refractivity contribution < 1.29 is 23.7 Å². The molecule has 2 aliphatic rings. The zero-order valence-electron chi connectivity index (χ0n) is 16.0. The van der Waals surface area contributed by atoms with E-state index in [4.69, 9.17) is 18.9 Å². The number of hydrogen-bond donors (Lipinski definition) is 1. The molecule has 28 heavy (non-hydrogen) atoms. The second-order valence-electron chi connectivity index (χ2n) is 7.02. The van der Waals surface area contributed by atoms with Crippen LogP contribution in [-0.2, 0) is 23.7 Å². The molecular formula is C19H24N4O5. The highest BCUT2D eigenvalue weighted by molar-refractivity contribution is 5.70. The summed E-state index contributed by atoms with van der Waals surface area (Å²) in [6, 6.07) is 3.71. The smallest absolute Gasteiger partial charge is 0.303 e. The van der Waals surface area contributed by atoms with E-state index in [1.54, 1.807) is 10.7 Å². The summed E-state index contributed by atoms with van der Waals surface area (Å²) in [4.78, 5) is 15.7. The van der Waals surface area contributed by atoms with E-state index < -0.39 is 5.79 Å². The van der Waals surface area contributed by atoms with E-state index in [2.05, 4.69) is 22.0 Å². The van der Waals surface area contributed by atoms with E-state index in [1.165, 1.54) is 6.92 Å². The highest BCUT2D eigenvalue weighted by atomic mass is 16.7. The van der Waals surface area contributed by atoms with Crippen LogP contribution >= 0.6 is 0 Å². The van der Waals surface area contributed by atoms with Gasteiger partial charge in [-0.05, 0) is 25.5 Å². The van der Waals surface area contributed by atoms with Gasteiger partial charge in [-0.25, -0.2) is 9.50 Å². The summed E-state index contributed by atoms with van der Waals surface area (Å²) in [7, 11) is 0. The molecule has 0 spiro atoms. The summed E-state index contributed by atoms with van der Waals surface area (Å²) in [5.74, 6) is -0.777. The van der Waals surface area contributed by atoms with Gasteiger partial charge in [-0.2, -0.15) is 0 Å². The molecule has 0 amide bonds. The standard InChI is InChI=1S/C19H24N4O5/c1-12(19(3)26-8-9-27-19)16-5-4-14-10-20-18(22-23(14)16)21-15-6-7-25-11-17(15)28-13(2)24/h4-5,10,15,17H,1,6-9,11H2,2-3H3,(H,21,22). The highest BCUT2D eigenvalue weighted by Crippen LogP contribution is 2.33. The minimum Gasteiger partial charge on any atom is -0.458 e. The molecule has 2 aromatic rings. The molecule has 9 nitrogen and oxygen atoms in total. The van der Waals surface area contributed by atoms with E-state index in [-0.39, 0.29) is 18.1 Å². The van der Waals surface area contributed by atoms with Gasteiger partial charge < -0.3 is 24.3 Å². The van der Waals surface area contributed by atoms with Crippen molar-refractivity contribution in [1.29, 1.82) is 0 Å². The van der Waals surface area contributed by atoms with Crippen molar-refractivity contribution in [2.24, 2.45) is 0 Å². The van der Waals surface area contributed by atoms with Crippen LogP contribution in [0.5, 0.6) is 0 Å². The third-order valence-electron chi connectivity index (χ3n) is 5.03. The largest absolute Gasteiger partial charge is 0.458 e. The van der Waals surface area contributed by atoms with Gasteiger partial charge in [0.2, 0.25) is 5.95 Å². The summed E-state index contributed by atoms with van der Waals surface area (Å²) in [6.07, 6.45) is 2.03. The predicted octanol–water partition coefficient (Wildman–Crippen LogP) is 1.64. The zero-order valence-corrected chi connectivity index (χ0v) is 16.0. The highest BCUT2D eigenvalue weighted by Gasteiger charge is 2.36. The molecule has 0 radical (unpaired) electrons. The normalized spacial score (nSPS) is 24.2. The summed E-state index contributed by atoms with van der Waals surface area (Å²) >= 11 is 0.